The topological polar surface area (TPSA) is 72.8 Å². The van der Waals surface area contributed by atoms with Crippen LogP contribution in [0.3, 0.4) is 0 Å². The minimum Gasteiger partial charge on any atom is -0.361 e. The van der Waals surface area contributed by atoms with Crippen LogP contribution in [0, 0.1) is 0 Å². The lowest BCUT2D eigenvalue weighted by molar-refractivity contribution is 0.529. The molecule has 2 aromatic rings. The molecule has 0 radical (unpaired) electrons. The number of rotatable bonds is 37. The second kappa shape index (κ2) is 37.0. The summed E-state index contributed by atoms with van der Waals surface area (Å²) in [5, 5.41) is 18.6. The van der Waals surface area contributed by atoms with Gasteiger partial charge in [-0.15, -0.1) is 10.2 Å². The summed E-state index contributed by atoms with van der Waals surface area (Å²) < 4.78 is 0. The Balaban J connectivity index is 1.49. The minimum absolute atomic E-state index is 0.444. The summed E-state index contributed by atoms with van der Waals surface area (Å²) in [6.45, 7) is 6.32. The molecule has 4 N–H and O–H groups in total. The fourth-order valence-electron chi connectivity index (χ4n) is 7.53. The number of anilines is 1. The number of unbranched alkanes of at least 4 members (excludes halogenated alkanes) is 30. The molecule has 0 aliphatic rings. The van der Waals surface area contributed by atoms with Crippen LogP contribution in [0.4, 0.5) is 11.4 Å². The van der Waals surface area contributed by atoms with Crippen LogP contribution in [0.2, 0.25) is 0 Å². The largest absolute Gasteiger partial charge is 0.361 e. The van der Waals surface area contributed by atoms with Crippen LogP contribution in [0.1, 0.15) is 219 Å². The molecule has 0 fully saturated rings. The molecule has 56 heavy (non-hydrogen) atoms. The number of nitrogens with one attached hydrogen (secondary N) is 4. The molecule has 6 nitrogen and oxygen atoms in total. The van der Waals surface area contributed by atoms with Crippen molar-refractivity contribution in [1.82, 2.24) is 16.1 Å². The maximum absolute atomic E-state index is 5.55. The maximum Gasteiger partial charge on any atom is 0.213 e. The van der Waals surface area contributed by atoms with Crippen molar-refractivity contribution >= 4 is 56.8 Å². The number of benzene rings is 2. The molecule has 0 bridgehead atoms. The summed E-state index contributed by atoms with van der Waals surface area (Å²) in [5.74, 6) is 0. The standard InChI is InChI=1S/C48H84N6S2/c1-3-5-7-9-11-13-15-17-19-21-23-25-27-29-31-35-41-49-47(55)53-51-45-39-40-46(44-38-34-33-37-43(44)45)52-54-48(56)50-42-36-32-30-28-26-24-22-20-18-16-14-12-10-8-6-4-2/h33-34,37-40,51H,3-32,35-36,41-42H2,1-2H3,(H,50,56)(H2,49,53,55). The third-order valence-corrected chi connectivity index (χ3v) is 11.6. The Morgan fingerprint density at radius 1 is 0.446 bits per heavy atom. The van der Waals surface area contributed by atoms with E-state index >= 15 is 0 Å². The Labute approximate surface area is 355 Å². The number of hydrazine groups is 1. The molecule has 318 valence electrons. The smallest absolute Gasteiger partial charge is 0.213 e. The van der Waals surface area contributed by atoms with E-state index in [1.807, 2.05) is 24.3 Å². The van der Waals surface area contributed by atoms with Gasteiger partial charge in [-0.3, -0.25) is 10.9 Å². The quantitative estimate of drug-likeness (QED) is 0.0236. The van der Waals surface area contributed by atoms with E-state index in [4.69, 9.17) is 24.4 Å². The fraction of sp³-hybridized carbons (Fsp3) is 0.750. The fourth-order valence-corrected chi connectivity index (χ4v) is 7.82. The van der Waals surface area contributed by atoms with Crippen molar-refractivity contribution in [2.45, 2.75) is 219 Å². The Kier molecular flexibility index (Phi) is 32.9. The summed E-state index contributed by atoms with van der Waals surface area (Å²) in [6, 6.07) is 12.2. The molecule has 2 aromatic carbocycles. The van der Waals surface area contributed by atoms with Crippen molar-refractivity contribution < 1.29 is 0 Å². The van der Waals surface area contributed by atoms with Crippen LogP contribution in [0.25, 0.3) is 10.8 Å². The van der Waals surface area contributed by atoms with Crippen LogP contribution in [-0.4, -0.2) is 23.3 Å². The van der Waals surface area contributed by atoms with Gasteiger partial charge in [0.1, 0.15) is 0 Å². The van der Waals surface area contributed by atoms with Gasteiger partial charge in [-0.05, 0) is 49.4 Å². The van der Waals surface area contributed by atoms with Gasteiger partial charge in [0.05, 0.1) is 11.4 Å². The predicted molar refractivity (Wildman–Crippen MR) is 256 cm³/mol. The van der Waals surface area contributed by atoms with Crippen molar-refractivity contribution in [1.29, 1.82) is 0 Å². The summed E-state index contributed by atoms with van der Waals surface area (Å²) in [6.07, 6.45) is 44.0. The van der Waals surface area contributed by atoms with Gasteiger partial charge < -0.3 is 10.6 Å². The van der Waals surface area contributed by atoms with Gasteiger partial charge in [-0.2, -0.15) is 0 Å². The van der Waals surface area contributed by atoms with Gasteiger partial charge in [0.25, 0.3) is 0 Å². The van der Waals surface area contributed by atoms with Crippen molar-refractivity contribution in [3.05, 3.63) is 36.4 Å². The second-order valence-corrected chi connectivity index (χ2v) is 17.0. The highest BCUT2D eigenvalue weighted by Gasteiger charge is 2.07. The Morgan fingerprint density at radius 2 is 0.821 bits per heavy atom. The van der Waals surface area contributed by atoms with Gasteiger partial charge in [-0.1, -0.05) is 231 Å². The number of nitrogens with zero attached hydrogens (tertiary/aromatic N) is 2. The van der Waals surface area contributed by atoms with E-state index in [9.17, 15) is 0 Å². The molecule has 0 unspecified atom stereocenters. The lowest BCUT2D eigenvalue weighted by atomic mass is 10.0. The van der Waals surface area contributed by atoms with Crippen molar-refractivity contribution in [2.24, 2.45) is 10.2 Å². The Morgan fingerprint density at radius 3 is 1.25 bits per heavy atom. The van der Waals surface area contributed by atoms with E-state index in [0.717, 1.165) is 48.1 Å². The predicted octanol–water partition coefficient (Wildman–Crippen LogP) is 16.1. The van der Waals surface area contributed by atoms with Crippen LogP contribution < -0.4 is 21.5 Å². The molecule has 0 saturated heterocycles. The summed E-state index contributed by atoms with van der Waals surface area (Å²) in [4.78, 5) is 0. The SMILES string of the molecule is CCCCCCCCCCCCCCCCCCNC(=S)N=Nc1ccc(NNC(=S)NCCCCCCCCCCCCCCCCCC)c2ccccc12. The van der Waals surface area contributed by atoms with Crippen molar-refractivity contribution in [3.8, 4) is 0 Å². The van der Waals surface area contributed by atoms with Crippen LogP contribution in [0.5, 0.6) is 0 Å². The maximum atomic E-state index is 5.55. The molecule has 0 atom stereocenters. The average molecular weight is 809 g/mol. The van der Waals surface area contributed by atoms with E-state index < -0.39 is 0 Å². The summed E-state index contributed by atoms with van der Waals surface area (Å²) in [5.41, 5.74) is 8.20. The monoisotopic (exact) mass is 809 g/mol. The number of thiocarbonyl (C=S) groups is 2. The third-order valence-electron chi connectivity index (χ3n) is 11.1. The van der Waals surface area contributed by atoms with Crippen LogP contribution >= 0.6 is 24.4 Å². The first kappa shape index (κ1) is 49.8. The van der Waals surface area contributed by atoms with E-state index in [-0.39, 0.29) is 0 Å². The van der Waals surface area contributed by atoms with E-state index in [1.54, 1.807) is 0 Å². The van der Waals surface area contributed by atoms with E-state index in [0.29, 0.717) is 10.2 Å². The molecule has 0 heterocycles. The first-order valence-corrected chi connectivity index (χ1v) is 24.5. The average Bonchev–Trinajstić information content (AvgIpc) is 3.21. The van der Waals surface area contributed by atoms with Crippen LogP contribution in [0.15, 0.2) is 46.6 Å². The molecule has 8 heteroatoms. The molecule has 2 rings (SSSR count). The number of azo groups is 1. The number of hydrogen-bond acceptors (Lipinski definition) is 4. The summed E-state index contributed by atoms with van der Waals surface area (Å²) >= 11 is 11.0. The molecular formula is C48H84N6S2. The van der Waals surface area contributed by atoms with Gasteiger partial charge in [0.2, 0.25) is 5.11 Å². The van der Waals surface area contributed by atoms with Gasteiger partial charge in [0, 0.05) is 23.9 Å². The normalized spacial score (nSPS) is 11.4. The van der Waals surface area contributed by atoms with Gasteiger partial charge in [0.15, 0.2) is 5.11 Å². The minimum atomic E-state index is 0.444. The van der Waals surface area contributed by atoms with Crippen LogP contribution in [-0.2, 0) is 0 Å². The highest BCUT2D eigenvalue weighted by molar-refractivity contribution is 7.80. The Hall–Kier alpha value is -2.32. The van der Waals surface area contributed by atoms with Crippen molar-refractivity contribution in [2.75, 3.05) is 18.5 Å². The molecule has 0 spiro atoms. The second-order valence-electron chi connectivity index (χ2n) is 16.2. The highest BCUT2D eigenvalue weighted by atomic mass is 32.1. The lowest BCUT2D eigenvalue weighted by Crippen LogP contribution is -2.39. The zero-order valence-corrected chi connectivity index (χ0v) is 37.8. The molecule has 0 aliphatic heterocycles. The van der Waals surface area contributed by atoms with Gasteiger partial charge in [-0.25, -0.2) is 0 Å². The summed E-state index contributed by atoms with van der Waals surface area (Å²) in [7, 11) is 0. The molecular weight excluding hydrogens is 725 g/mol. The molecule has 0 amide bonds. The van der Waals surface area contributed by atoms with Crippen molar-refractivity contribution in [3.63, 3.8) is 0 Å². The first-order chi connectivity index (χ1) is 27.7. The van der Waals surface area contributed by atoms with E-state index in [2.05, 4.69) is 57.7 Å². The lowest BCUT2D eigenvalue weighted by Gasteiger charge is -2.15. The number of hydrogen-bond donors (Lipinski definition) is 4. The first-order valence-electron chi connectivity index (χ1n) is 23.7. The molecule has 0 saturated carbocycles. The zero-order valence-electron chi connectivity index (χ0n) is 36.2. The molecule has 0 aromatic heterocycles. The van der Waals surface area contributed by atoms with Gasteiger partial charge >= 0.3 is 0 Å². The van der Waals surface area contributed by atoms with E-state index in [1.165, 1.54) is 193 Å². The zero-order chi connectivity index (χ0) is 40.0. The number of fused-ring (bicyclic) bond motifs is 1. The molecule has 0 aliphatic carbocycles. The third kappa shape index (κ3) is 27.3. The highest BCUT2D eigenvalue weighted by Crippen LogP contribution is 2.31. The Bertz CT molecular complexity index is 1270.